The number of benzene rings is 3. The van der Waals surface area contributed by atoms with Crippen molar-refractivity contribution in [3.05, 3.63) is 94.0 Å². The number of carbonyl (C=O) groups is 2. The highest BCUT2D eigenvalue weighted by Crippen LogP contribution is 2.27. The van der Waals surface area contributed by atoms with Crippen molar-refractivity contribution < 1.29 is 18.0 Å². The third-order valence-electron chi connectivity index (χ3n) is 6.00. The predicted octanol–water partition coefficient (Wildman–Crippen LogP) is 5.44. The Hall–Kier alpha value is -3.07. The Bertz CT molecular complexity index is 1380. The second-order valence-electron chi connectivity index (χ2n) is 8.88. The average Bonchev–Trinajstić information content (AvgIpc) is 2.89. The number of rotatable bonds is 11. The van der Waals surface area contributed by atoms with Crippen molar-refractivity contribution in [1.29, 1.82) is 0 Å². The van der Waals surface area contributed by atoms with E-state index in [0.717, 1.165) is 16.3 Å². The van der Waals surface area contributed by atoms with Gasteiger partial charge in [-0.05, 0) is 62.2 Å². The van der Waals surface area contributed by atoms with E-state index in [2.05, 4.69) is 5.32 Å². The lowest BCUT2D eigenvalue weighted by molar-refractivity contribution is -0.139. The standard InChI is InChI=1S/C28H31Cl2N3O4S/c1-4-16-31-28(35)21(3)32(18-22-8-5-6-11-26(22)30)27(34)19-33(24-10-7-9-23(29)17-24)38(36,37)25-14-12-20(2)13-15-25/h5-15,17,21H,4,16,18-19H2,1-3H3,(H,31,35). The minimum absolute atomic E-state index is 0.0210. The molecule has 0 spiro atoms. The number of amides is 2. The summed E-state index contributed by atoms with van der Waals surface area (Å²) in [5.74, 6) is -0.914. The maximum Gasteiger partial charge on any atom is 0.264 e. The van der Waals surface area contributed by atoms with Crippen LogP contribution in [0.1, 0.15) is 31.4 Å². The van der Waals surface area contributed by atoms with Gasteiger partial charge >= 0.3 is 0 Å². The molecule has 0 radical (unpaired) electrons. The third-order valence-corrected chi connectivity index (χ3v) is 8.39. The third kappa shape index (κ3) is 7.28. The molecule has 1 N–H and O–H groups in total. The Morgan fingerprint density at radius 3 is 2.29 bits per heavy atom. The SMILES string of the molecule is CCCNC(=O)C(C)N(Cc1ccccc1Cl)C(=O)CN(c1cccc(Cl)c1)S(=O)(=O)c1ccc(C)cc1. The highest BCUT2D eigenvalue weighted by atomic mass is 35.5. The summed E-state index contributed by atoms with van der Waals surface area (Å²) in [5, 5.41) is 3.56. The van der Waals surface area contributed by atoms with Crippen LogP contribution in [0.5, 0.6) is 0 Å². The number of anilines is 1. The molecule has 3 aromatic rings. The average molecular weight is 577 g/mol. The molecule has 0 aromatic heterocycles. The Kier molecular flexibility index (Phi) is 10.2. The van der Waals surface area contributed by atoms with Gasteiger partial charge in [-0.15, -0.1) is 0 Å². The van der Waals surface area contributed by atoms with Crippen LogP contribution in [0, 0.1) is 6.92 Å². The van der Waals surface area contributed by atoms with Gasteiger partial charge in [0.15, 0.2) is 0 Å². The minimum atomic E-state index is -4.16. The molecule has 2 amide bonds. The van der Waals surface area contributed by atoms with E-state index in [1.165, 1.54) is 23.1 Å². The van der Waals surface area contributed by atoms with Gasteiger partial charge in [0.2, 0.25) is 11.8 Å². The van der Waals surface area contributed by atoms with Crippen molar-refractivity contribution in [2.75, 3.05) is 17.4 Å². The zero-order valence-corrected chi connectivity index (χ0v) is 23.9. The number of hydrogen-bond donors (Lipinski definition) is 1. The predicted molar refractivity (Wildman–Crippen MR) is 152 cm³/mol. The fraction of sp³-hybridized carbons (Fsp3) is 0.286. The van der Waals surface area contributed by atoms with E-state index in [4.69, 9.17) is 23.2 Å². The molecular weight excluding hydrogens is 545 g/mol. The molecule has 3 aromatic carbocycles. The summed E-state index contributed by atoms with van der Waals surface area (Å²) in [6, 6.07) is 18.8. The monoisotopic (exact) mass is 575 g/mol. The van der Waals surface area contributed by atoms with Gasteiger partial charge < -0.3 is 10.2 Å². The summed E-state index contributed by atoms with van der Waals surface area (Å²) in [6.45, 7) is 5.31. The first-order chi connectivity index (χ1) is 18.0. The Balaban J connectivity index is 2.03. The molecule has 3 rings (SSSR count). The molecule has 7 nitrogen and oxygen atoms in total. The van der Waals surface area contributed by atoms with Crippen LogP contribution in [0.15, 0.2) is 77.7 Å². The summed E-state index contributed by atoms with van der Waals surface area (Å²) >= 11 is 12.6. The minimum Gasteiger partial charge on any atom is -0.354 e. The normalized spacial score (nSPS) is 12.0. The molecule has 1 atom stereocenters. The fourth-order valence-corrected chi connectivity index (χ4v) is 5.57. The number of carbonyl (C=O) groups excluding carboxylic acids is 2. The summed E-state index contributed by atoms with van der Waals surface area (Å²) in [6.07, 6.45) is 0.730. The van der Waals surface area contributed by atoms with Gasteiger partial charge in [0.1, 0.15) is 12.6 Å². The van der Waals surface area contributed by atoms with E-state index in [1.54, 1.807) is 61.5 Å². The molecule has 0 saturated carbocycles. The van der Waals surface area contributed by atoms with Crippen molar-refractivity contribution in [3.63, 3.8) is 0 Å². The molecule has 0 bridgehead atoms. The van der Waals surface area contributed by atoms with E-state index in [0.29, 0.717) is 22.2 Å². The number of nitrogens with zero attached hydrogens (tertiary/aromatic N) is 2. The zero-order valence-electron chi connectivity index (χ0n) is 21.5. The van der Waals surface area contributed by atoms with Crippen LogP contribution in [0.25, 0.3) is 0 Å². The first-order valence-corrected chi connectivity index (χ1v) is 14.4. The fourth-order valence-electron chi connectivity index (χ4n) is 3.79. The lowest BCUT2D eigenvalue weighted by Gasteiger charge is -2.32. The molecule has 0 heterocycles. The Morgan fingerprint density at radius 2 is 1.66 bits per heavy atom. The van der Waals surface area contributed by atoms with E-state index in [9.17, 15) is 18.0 Å². The van der Waals surface area contributed by atoms with Crippen molar-refractivity contribution in [2.45, 2.75) is 44.7 Å². The van der Waals surface area contributed by atoms with E-state index in [-0.39, 0.29) is 23.0 Å². The zero-order chi connectivity index (χ0) is 27.9. The van der Waals surface area contributed by atoms with Gasteiger partial charge in [-0.1, -0.05) is 72.1 Å². The van der Waals surface area contributed by atoms with Crippen LogP contribution in [0.3, 0.4) is 0 Å². The second kappa shape index (κ2) is 13.1. The van der Waals surface area contributed by atoms with Crippen molar-refractivity contribution in [3.8, 4) is 0 Å². The number of nitrogens with one attached hydrogen (secondary N) is 1. The maximum absolute atomic E-state index is 13.8. The molecule has 38 heavy (non-hydrogen) atoms. The van der Waals surface area contributed by atoms with Gasteiger partial charge in [-0.25, -0.2) is 8.42 Å². The molecule has 1 unspecified atom stereocenters. The molecule has 0 saturated heterocycles. The van der Waals surface area contributed by atoms with E-state index >= 15 is 0 Å². The van der Waals surface area contributed by atoms with Crippen LogP contribution >= 0.6 is 23.2 Å². The highest BCUT2D eigenvalue weighted by molar-refractivity contribution is 7.92. The number of halogens is 2. The molecular formula is C28H31Cl2N3O4S. The molecule has 202 valence electrons. The van der Waals surface area contributed by atoms with E-state index < -0.39 is 28.5 Å². The number of hydrogen-bond acceptors (Lipinski definition) is 4. The number of aryl methyl sites for hydroxylation is 1. The maximum atomic E-state index is 13.8. The Labute approximate surface area is 234 Å². The summed E-state index contributed by atoms with van der Waals surface area (Å²) in [7, 11) is -4.16. The van der Waals surface area contributed by atoms with Crippen LogP contribution < -0.4 is 9.62 Å². The van der Waals surface area contributed by atoms with Gasteiger partial charge in [0.25, 0.3) is 10.0 Å². The van der Waals surface area contributed by atoms with Crippen molar-refractivity contribution in [1.82, 2.24) is 10.2 Å². The summed E-state index contributed by atoms with van der Waals surface area (Å²) in [4.78, 5) is 28.1. The topological polar surface area (TPSA) is 86.8 Å². The number of sulfonamides is 1. The molecule has 10 heteroatoms. The van der Waals surface area contributed by atoms with Crippen LogP contribution in [-0.2, 0) is 26.2 Å². The molecule has 0 aliphatic carbocycles. The Morgan fingerprint density at radius 1 is 0.974 bits per heavy atom. The summed E-state index contributed by atoms with van der Waals surface area (Å²) in [5.41, 5.74) is 1.76. The lowest BCUT2D eigenvalue weighted by atomic mass is 10.1. The quantitative estimate of drug-likeness (QED) is 0.330. The van der Waals surface area contributed by atoms with Gasteiger partial charge in [0, 0.05) is 23.1 Å². The van der Waals surface area contributed by atoms with Crippen molar-refractivity contribution in [2.24, 2.45) is 0 Å². The van der Waals surface area contributed by atoms with Gasteiger partial charge in [-0.2, -0.15) is 0 Å². The lowest BCUT2D eigenvalue weighted by Crippen LogP contribution is -2.51. The largest absolute Gasteiger partial charge is 0.354 e. The molecule has 0 aliphatic heterocycles. The second-order valence-corrected chi connectivity index (χ2v) is 11.6. The van der Waals surface area contributed by atoms with Crippen LogP contribution in [-0.4, -0.2) is 44.3 Å². The first-order valence-electron chi connectivity index (χ1n) is 12.2. The van der Waals surface area contributed by atoms with Crippen LogP contribution in [0.4, 0.5) is 5.69 Å². The molecule has 0 fully saturated rings. The van der Waals surface area contributed by atoms with Crippen LogP contribution in [0.2, 0.25) is 10.0 Å². The van der Waals surface area contributed by atoms with Crippen molar-refractivity contribution >= 4 is 50.7 Å². The van der Waals surface area contributed by atoms with E-state index in [1.807, 2.05) is 13.8 Å². The molecule has 0 aliphatic rings. The first kappa shape index (κ1) is 29.5. The smallest absolute Gasteiger partial charge is 0.264 e. The summed E-state index contributed by atoms with van der Waals surface area (Å²) < 4.78 is 28.6. The van der Waals surface area contributed by atoms with Gasteiger partial charge in [-0.3, -0.25) is 13.9 Å². The van der Waals surface area contributed by atoms with Gasteiger partial charge in [0.05, 0.1) is 10.6 Å². The highest BCUT2D eigenvalue weighted by Gasteiger charge is 2.32.